The van der Waals surface area contributed by atoms with E-state index in [0.717, 1.165) is 16.6 Å². The summed E-state index contributed by atoms with van der Waals surface area (Å²) in [6, 6.07) is 8.01. The fourth-order valence-electron chi connectivity index (χ4n) is 2.31. The minimum Gasteiger partial charge on any atom is -0.245 e. The van der Waals surface area contributed by atoms with E-state index in [4.69, 9.17) is 11.6 Å². The van der Waals surface area contributed by atoms with Gasteiger partial charge in [-0.05, 0) is 29.2 Å². The minimum atomic E-state index is 0.0865. The Kier molecular flexibility index (Phi) is 3.02. The number of hydrogen-bond acceptors (Lipinski definition) is 2. The second kappa shape index (κ2) is 4.60. The lowest BCUT2D eigenvalue weighted by Gasteiger charge is -2.16. The topological polar surface area (TPSA) is 30.2 Å². The summed E-state index contributed by atoms with van der Waals surface area (Å²) in [5.74, 6) is 0. The minimum absolute atomic E-state index is 0.0865. The van der Waals surface area contributed by atoms with Gasteiger partial charge in [-0.25, -0.2) is 9.50 Å². The highest BCUT2D eigenvalue weighted by Gasteiger charge is 2.18. The molecule has 0 radical (unpaired) electrons. The van der Waals surface area contributed by atoms with E-state index in [2.05, 4.69) is 43.0 Å². The third-order valence-corrected chi connectivity index (χ3v) is 3.59. The number of hydrogen-bond donors (Lipinski definition) is 0. The number of halogens is 1. The van der Waals surface area contributed by atoms with Gasteiger partial charge in [-0.15, -0.1) is 0 Å². The molecule has 0 aliphatic heterocycles. The lowest BCUT2D eigenvalue weighted by atomic mass is 9.88. The SMILES string of the molecule is CC(C)(C)c1cnn2cc(-c3ccnc(Cl)c3)ccc12. The Morgan fingerprint density at radius 1 is 1.10 bits per heavy atom. The van der Waals surface area contributed by atoms with E-state index in [9.17, 15) is 0 Å². The van der Waals surface area contributed by atoms with E-state index in [0.29, 0.717) is 5.15 Å². The van der Waals surface area contributed by atoms with E-state index >= 15 is 0 Å². The van der Waals surface area contributed by atoms with Crippen LogP contribution in [0.5, 0.6) is 0 Å². The van der Waals surface area contributed by atoms with Gasteiger partial charge in [0, 0.05) is 23.5 Å². The summed E-state index contributed by atoms with van der Waals surface area (Å²) in [6.07, 6.45) is 5.68. The van der Waals surface area contributed by atoms with Crippen LogP contribution < -0.4 is 0 Å². The largest absolute Gasteiger partial charge is 0.245 e. The fraction of sp³-hybridized carbons (Fsp3) is 0.250. The molecule has 0 unspecified atom stereocenters. The van der Waals surface area contributed by atoms with Gasteiger partial charge in [0.05, 0.1) is 11.7 Å². The van der Waals surface area contributed by atoms with Crippen LogP contribution in [0.15, 0.2) is 42.9 Å². The molecule has 20 heavy (non-hydrogen) atoms. The summed E-state index contributed by atoms with van der Waals surface area (Å²) in [6.45, 7) is 6.59. The van der Waals surface area contributed by atoms with Crippen LogP contribution in [-0.2, 0) is 5.41 Å². The number of pyridine rings is 2. The van der Waals surface area contributed by atoms with Crippen molar-refractivity contribution in [3.8, 4) is 11.1 Å². The van der Waals surface area contributed by atoms with Gasteiger partial charge in [-0.1, -0.05) is 38.4 Å². The third kappa shape index (κ3) is 2.29. The predicted octanol–water partition coefficient (Wildman–Crippen LogP) is 4.35. The molecule has 0 saturated heterocycles. The Morgan fingerprint density at radius 2 is 1.90 bits per heavy atom. The summed E-state index contributed by atoms with van der Waals surface area (Å²) in [7, 11) is 0. The molecule has 0 aromatic carbocycles. The van der Waals surface area contributed by atoms with Crippen molar-refractivity contribution in [3.05, 3.63) is 53.6 Å². The molecule has 0 fully saturated rings. The Hall–Kier alpha value is -1.87. The Labute approximate surface area is 123 Å². The first kappa shape index (κ1) is 13.1. The number of aromatic nitrogens is 3. The zero-order valence-corrected chi connectivity index (χ0v) is 12.5. The van der Waals surface area contributed by atoms with Crippen molar-refractivity contribution in [1.82, 2.24) is 14.6 Å². The van der Waals surface area contributed by atoms with E-state index < -0.39 is 0 Å². The predicted molar refractivity (Wildman–Crippen MR) is 82.1 cm³/mol. The van der Waals surface area contributed by atoms with Gasteiger partial charge in [0.2, 0.25) is 0 Å². The molecule has 0 saturated carbocycles. The van der Waals surface area contributed by atoms with Crippen LogP contribution in [0.25, 0.3) is 16.6 Å². The van der Waals surface area contributed by atoms with Gasteiger partial charge in [0.1, 0.15) is 5.15 Å². The molecule has 3 nitrogen and oxygen atoms in total. The van der Waals surface area contributed by atoms with Gasteiger partial charge in [0.15, 0.2) is 0 Å². The highest BCUT2D eigenvalue weighted by molar-refractivity contribution is 6.29. The Morgan fingerprint density at radius 3 is 2.60 bits per heavy atom. The monoisotopic (exact) mass is 285 g/mol. The van der Waals surface area contributed by atoms with Gasteiger partial charge < -0.3 is 0 Å². The zero-order chi connectivity index (χ0) is 14.3. The number of fused-ring (bicyclic) bond motifs is 1. The quantitative estimate of drug-likeness (QED) is 0.622. The van der Waals surface area contributed by atoms with Crippen LogP contribution in [0.3, 0.4) is 0 Å². The Balaban J connectivity index is 2.13. The molecule has 4 heteroatoms. The lowest BCUT2D eigenvalue weighted by Crippen LogP contribution is -2.10. The van der Waals surface area contributed by atoms with Crippen LogP contribution in [0.1, 0.15) is 26.3 Å². The molecule has 3 rings (SSSR count). The maximum atomic E-state index is 5.94. The van der Waals surface area contributed by atoms with Crippen molar-refractivity contribution < 1.29 is 0 Å². The van der Waals surface area contributed by atoms with Crippen LogP contribution >= 0.6 is 11.6 Å². The number of rotatable bonds is 1. The molecule has 0 N–H and O–H groups in total. The third-order valence-electron chi connectivity index (χ3n) is 3.38. The molecule has 0 spiro atoms. The molecule has 102 valence electrons. The zero-order valence-electron chi connectivity index (χ0n) is 11.8. The van der Waals surface area contributed by atoms with Crippen LogP contribution in [0.2, 0.25) is 5.15 Å². The highest BCUT2D eigenvalue weighted by atomic mass is 35.5. The van der Waals surface area contributed by atoms with Crippen molar-refractivity contribution in [1.29, 1.82) is 0 Å². The van der Waals surface area contributed by atoms with Crippen molar-refractivity contribution in [2.45, 2.75) is 26.2 Å². The standard InChI is InChI=1S/C16H16ClN3/c1-16(2,3)13-9-19-20-10-12(4-5-14(13)20)11-6-7-18-15(17)8-11/h4-10H,1-3H3. The summed E-state index contributed by atoms with van der Waals surface area (Å²) in [5.41, 5.74) is 4.59. The summed E-state index contributed by atoms with van der Waals surface area (Å²) in [4.78, 5) is 4.01. The van der Waals surface area contributed by atoms with Gasteiger partial charge in [-0.2, -0.15) is 5.10 Å². The van der Waals surface area contributed by atoms with E-state index in [1.807, 2.05) is 29.0 Å². The molecule has 3 aromatic rings. The van der Waals surface area contributed by atoms with E-state index in [1.165, 1.54) is 5.56 Å². The maximum Gasteiger partial charge on any atom is 0.129 e. The van der Waals surface area contributed by atoms with Crippen molar-refractivity contribution in [2.24, 2.45) is 0 Å². The number of nitrogens with zero attached hydrogens (tertiary/aromatic N) is 3. The molecule has 3 aromatic heterocycles. The second-order valence-corrected chi connectivity index (χ2v) is 6.31. The normalized spacial score (nSPS) is 12.0. The highest BCUT2D eigenvalue weighted by Crippen LogP contribution is 2.28. The summed E-state index contributed by atoms with van der Waals surface area (Å²) >= 11 is 5.94. The van der Waals surface area contributed by atoms with Gasteiger partial charge in [-0.3, -0.25) is 0 Å². The first-order valence-corrected chi connectivity index (χ1v) is 6.93. The van der Waals surface area contributed by atoms with Gasteiger partial charge in [0.25, 0.3) is 0 Å². The summed E-state index contributed by atoms with van der Waals surface area (Å²) in [5, 5.41) is 4.96. The first-order chi connectivity index (χ1) is 9.45. The lowest BCUT2D eigenvalue weighted by molar-refractivity contribution is 0.595. The van der Waals surface area contributed by atoms with Crippen molar-refractivity contribution in [2.75, 3.05) is 0 Å². The molecular formula is C16H16ClN3. The van der Waals surface area contributed by atoms with Crippen molar-refractivity contribution in [3.63, 3.8) is 0 Å². The van der Waals surface area contributed by atoms with E-state index in [-0.39, 0.29) is 5.41 Å². The van der Waals surface area contributed by atoms with E-state index in [1.54, 1.807) is 6.20 Å². The second-order valence-electron chi connectivity index (χ2n) is 5.92. The van der Waals surface area contributed by atoms with Crippen LogP contribution in [-0.4, -0.2) is 14.6 Å². The van der Waals surface area contributed by atoms with Crippen molar-refractivity contribution >= 4 is 17.1 Å². The fourth-order valence-corrected chi connectivity index (χ4v) is 2.49. The molecule has 0 amide bonds. The molecular weight excluding hydrogens is 270 g/mol. The molecule has 0 aliphatic carbocycles. The average molecular weight is 286 g/mol. The maximum absolute atomic E-state index is 5.94. The summed E-state index contributed by atoms with van der Waals surface area (Å²) < 4.78 is 1.92. The molecule has 0 aliphatic rings. The van der Waals surface area contributed by atoms with Crippen LogP contribution in [0, 0.1) is 0 Å². The smallest absolute Gasteiger partial charge is 0.129 e. The first-order valence-electron chi connectivity index (χ1n) is 6.55. The van der Waals surface area contributed by atoms with Gasteiger partial charge >= 0.3 is 0 Å². The van der Waals surface area contributed by atoms with Crippen LogP contribution in [0.4, 0.5) is 0 Å². The molecule has 0 bridgehead atoms. The average Bonchev–Trinajstić information content (AvgIpc) is 2.81. The molecule has 0 atom stereocenters. The molecule has 3 heterocycles. The Bertz CT molecular complexity index is 769.